The number of nitrogens with zero attached hydrogens (tertiary/aromatic N) is 2. The van der Waals surface area contributed by atoms with Gasteiger partial charge in [0.15, 0.2) is 5.78 Å². The van der Waals surface area contributed by atoms with E-state index in [1.54, 1.807) is 27.0 Å². The van der Waals surface area contributed by atoms with Crippen LogP contribution in [0.5, 0.6) is 0 Å². The molecule has 0 fully saturated rings. The van der Waals surface area contributed by atoms with Gasteiger partial charge < -0.3 is 14.9 Å². The molecule has 9 heteroatoms. The zero-order chi connectivity index (χ0) is 23.3. The SMILES string of the molecule is CCOC(=O)C[C@H](NC(=O)C1(C(C)C)CC(c2nccc3ccccc23)=NO1)C(=O)CF. The molecule has 1 aliphatic rings. The normalized spacial score (nSPS) is 18.7. The Kier molecular flexibility index (Phi) is 7.17. The van der Waals surface area contributed by atoms with Crippen molar-refractivity contribution in [2.75, 3.05) is 13.3 Å². The Morgan fingerprint density at radius 1 is 1.25 bits per heavy atom. The third kappa shape index (κ3) is 4.61. The highest BCUT2D eigenvalue weighted by atomic mass is 19.1. The van der Waals surface area contributed by atoms with Gasteiger partial charge in [0.2, 0.25) is 5.60 Å². The largest absolute Gasteiger partial charge is 0.466 e. The maximum Gasteiger partial charge on any atom is 0.308 e. The molecule has 1 amide bonds. The van der Waals surface area contributed by atoms with Crippen molar-refractivity contribution in [2.24, 2.45) is 11.1 Å². The van der Waals surface area contributed by atoms with E-state index in [1.807, 2.05) is 30.3 Å². The van der Waals surface area contributed by atoms with E-state index in [0.29, 0.717) is 11.4 Å². The fourth-order valence-electron chi connectivity index (χ4n) is 3.63. The first-order valence-corrected chi connectivity index (χ1v) is 10.5. The van der Waals surface area contributed by atoms with E-state index >= 15 is 0 Å². The third-order valence-electron chi connectivity index (χ3n) is 5.51. The molecule has 1 aromatic heterocycles. The lowest BCUT2D eigenvalue weighted by molar-refractivity contribution is -0.153. The number of ketones is 1. The number of rotatable bonds is 9. The summed E-state index contributed by atoms with van der Waals surface area (Å²) in [6, 6.07) is 8.17. The fourth-order valence-corrected chi connectivity index (χ4v) is 3.63. The van der Waals surface area contributed by atoms with E-state index in [-0.39, 0.29) is 18.9 Å². The number of benzene rings is 1. The molecule has 0 radical (unpaired) electrons. The third-order valence-corrected chi connectivity index (χ3v) is 5.51. The molecule has 1 N–H and O–H groups in total. The quantitative estimate of drug-likeness (QED) is 0.597. The second-order valence-corrected chi connectivity index (χ2v) is 7.87. The predicted octanol–water partition coefficient (Wildman–Crippen LogP) is 2.73. The Hall–Kier alpha value is -3.36. The number of Topliss-reactive ketones (excluding diaryl/α,β-unsaturated/α-hetero) is 1. The minimum atomic E-state index is -1.43. The van der Waals surface area contributed by atoms with Crippen molar-refractivity contribution >= 4 is 34.1 Å². The van der Waals surface area contributed by atoms with Crippen LogP contribution in [0, 0.1) is 5.92 Å². The number of esters is 1. The summed E-state index contributed by atoms with van der Waals surface area (Å²) >= 11 is 0. The van der Waals surface area contributed by atoms with Crippen LogP contribution in [0.4, 0.5) is 4.39 Å². The Morgan fingerprint density at radius 2 is 2.00 bits per heavy atom. The zero-order valence-electron chi connectivity index (χ0n) is 18.3. The van der Waals surface area contributed by atoms with Crippen molar-refractivity contribution in [3.05, 3.63) is 42.2 Å². The Bertz CT molecular complexity index is 1050. The molecule has 0 bridgehead atoms. The Balaban J connectivity index is 1.85. The van der Waals surface area contributed by atoms with Crippen LogP contribution < -0.4 is 5.32 Å². The first-order valence-electron chi connectivity index (χ1n) is 10.5. The summed E-state index contributed by atoms with van der Waals surface area (Å²) in [5, 5.41) is 8.47. The molecule has 1 aromatic carbocycles. The van der Waals surface area contributed by atoms with Gasteiger partial charge in [-0.1, -0.05) is 43.3 Å². The number of nitrogens with one attached hydrogen (secondary N) is 1. The smallest absolute Gasteiger partial charge is 0.308 e. The summed E-state index contributed by atoms with van der Waals surface area (Å²) in [5.74, 6) is -2.62. The number of alkyl halides is 1. The van der Waals surface area contributed by atoms with Crippen LogP contribution in [0.15, 0.2) is 41.7 Å². The summed E-state index contributed by atoms with van der Waals surface area (Å²) in [4.78, 5) is 47.2. The lowest BCUT2D eigenvalue weighted by Gasteiger charge is -2.30. The highest BCUT2D eigenvalue weighted by molar-refractivity contribution is 6.12. The average molecular weight is 443 g/mol. The number of hydrogen-bond donors (Lipinski definition) is 1. The highest BCUT2D eigenvalue weighted by Crippen LogP contribution is 2.35. The molecule has 8 nitrogen and oxygen atoms in total. The molecular weight excluding hydrogens is 417 g/mol. The van der Waals surface area contributed by atoms with Crippen LogP contribution in [0.1, 0.15) is 39.3 Å². The molecule has 0 saturated carbocycles. The Morgan fingerprint density at radius 3 is 2.69 bits per heavy atom. The van der Waals surface area contributed by atoms with Crippen LogP contribution in [0.2, 0.25) is 0 Å². The molecule has 2 aromatic rings. The molecule has 1 unspecified atom stereocenters. The molecular formula is C23H26FN3O5. The number of oxime groups is 1. The molecule has 1 aliphatic heterocycles. The molecule has 2 heterocycles. The number of carbonyl (C=O) groups is 3. The molecule has 0 saturated heterocycles. The minimum Gasteiger partial charge on any atom is -0.466 e. The number of carbonyl (C=O) groups excluding carboxylic acids is 3. The zero-order valence-corrected chi connectivity index (χ0v) is 18.3. The fraction of sp³-hybridized carbons (Fsp3) is 0.435. The molecule has 0 spiro atoms. The standard InChI is InChI=1S/C23H26FN3O5/c1-4-31-20(29)11-17(19(28)13-24)26-22(30)23(14(2)3)12-18(27-32-23)21-16-8-6-5-7-15(16)9-10-25-21/h5-10,14,17H,4,11-13H2,1-3H3,(H,26,30)/t17-,23?/m0/s1. The van der Waals surface area contributed by atoms with Crippen LogP contribution in [-0.2, 0) is 24.0 Å². The summed E-state index contributed by atoms with van der Waals surface area (Å²) in [6.07, 6.45) is 1.30. The van der Waals surface area contributed by atoms with E-state index in [2.05, 4.69) is 15.5 Å². The van der Waals surface area contributed by atoms with Gasteiger partial charge in [0, 0.05) is 23.9 Å². The number of halogens is 1. The van der Waals surface area contributed by atoms with E-state index in [1.165, 1.54) is 0 Å². The maximum atomic E-state index is 13.3. The van der Waals surface area contributed by atoms with Crippen molar-refractivity contribution in [3.8, 4) is 0 Å². The average Bonchev–Trinajstić information content (AvgIpc) is 3.24. The molecule has 32 heavy (non-hydrogen) atoms. The van der Waals surface area contributed by atoms with Gasteiger partial charge in [-0.25, -0.2) is 4.39 Å². The van der Waals surface area contributed by atoms with Gasteiger partial charge in [0.05, 0.1) is 18.7 Å². The monoisotopic (exact) mass is 443 g/mol. The molecule has 0 aliphatic carbocycles. The van der Waals surface area contributed by atoms with Crippen LogP contribution in [-0.4, -0.2) is 53.3 Å². The van der Waals surface area contributed by atoms with Crippen molar-refractivity contribution in [3.63, 3.8) is 0 Å². The number of pyridine rings is 1. The summed E-state index contributed by atoms with van der Waals surface area (Å²) in [5.41, 5.74) is -0.344. The highest BCUT2D eigenvalue weighted by Gasteiger charge is 2.50. The first kappa shape index (κ1) is 23.3. The lowest BCUT2D eigenvalue weighted by Crippen LogP contribution is -2.55. The lowest BCUT2D eigenvalue weighted by atomic mass is 9.83. The minimum absolute atomic E-state index is 0.105. The van der Waals surface area contributed by atoms with Crippen LogP contribution in [0.3, 0.4) is 0 Å². The molecule has 170 valence electrons. The number of aromatic nitrogens is 1. The predicted molar refractivity (Wildman–Crippen MR) is 116 cm³/mol. The van der Waals surface area contributed by atoms with Gasteiger partial charge in [-0.2, -0.15) is 0 Å². The van der Waals surface area contributed by atoms with Gasteiger partial charge in [-0.05, 0) is 18.4 Å². The molecule has 3 rings (SSSR count). The van der Waals surface area contributed by atoms with Gasteiger partial charge in [0.25, 0.3) is 5.91 Å². The number of amides is 1. The van der Waals surface area contributed by atoms with Crippen LogP contribution >= 0.6 is 0 Å². The van der Waals surface area contributed by atoms with E-state index in [4.69, 9.17) is 9.57 Å². The van der Waals surface area contributed by atoms with Crippen molar-refractivity contribution < 1.29 is 28.3 Å². The number of hydrogen-bond acceptors (Lipinski definition) is 7. The van der Waals surface area contributed by atoms with Gasteiger partial charge >= 0.3 is 5.97 Å². The van der Waals surface area contributed by atoms with E-state index in [9.17, 15) is 18.8 Å². The number of fused-ring (bicyclic) bond motifs is 1. The van der Waals surface area contributed by atoms with Gasteiger partial charge in [-0.3, -0.25) is 19.4 Å². The van der Waals surface area contributed by atoms with E-state index < -0.39 is 42.4 Å². The van der Waals surface area contributed by atoms with Gasteiger partial charge in [0.1, 0.15) is 18.4 Å². The van der Waals surface area contributed by atoms with Gasteiger partial charge in [-0.15, -0.1) is 0 Å². The Labute approximate surface area is 185 Å². The summed E-state index contributed by atoms with van der Waals surface area (Å²) in [6.45, 7) is 3.97. The van der Waals surface area contributed by atoms with Crippen molar-refractivity contribution in [1.82, 2.24) is 10.3 Å². The topological polar surface area (TPSA) is 107 Å². The van der Waals surface area contributed by atoms with E-state index in [0.717, 1.165) is 10.8 Å². The first-order chi connectivity index (χ1) is 15.3. The number of ether oxygens (including phenoxy) is 1. The van der Waals surface area contributed by atoms with Crippen LogP contribution in [0.25, 0.3) is 10.8 Å². The maximum absolute atomic E-state index is 13.3. The summed E-state index contributed by atoms with van der Waals surface area (Å²) in [7, 11) is 0. The van der Waals surface area contributed by atoms with Crippen molar-refractivity contribution in [1.29, 1.82) is 0 Å². The van der Waals surface area contributed by atoms with Crippen molar-refractivity contribution in [2.45, 2.75) is 45.3 Å². The second kappa shape index (κ2) is 9.84. The summed E-state index contributed by atoms with van der Waals surface area (Å²) < 4.78 is 17.9. The second-order valence-electron chi connectivity index (χ2n) is 7.87. The molecule has 2 atom stereocenters.